The van der Waals surface area contributed by atoms with Gasteiger partial charge in [0.25, 0.3) is 5.69 Å². The Hall–Kier alpha value is -1.70. The number of nitro groups is 1. The minimum Gasteiger partial charge on any atom is -0.358 e. The Labute approximate surface area is 112 Å². The summed E-state index contributed by atoms with van der Waals surface area (Å²) in [4.78, 5) is 27.0. The van der Waals surface area contributed by atoms with E-state index in [-0.39, 0.29) is 11.6 Å². The second-order valence-corrected chi connectivity index (χ2v) is 4.73. The Kier molecular flexibility index (Phi) is 4.60. The number of amides is 1. The zero-order chi connectivity index (χ0) is 13.9. The first-order chi connectivity index (χ1) is 8.32. The van der Waals surface area contributed by atoms with Gasteiger partial charge in [0.1, 0.15) is 18.1 Å². The summed E-state index contributed by atoms with van der Waals surface area (Å²) in [6.45, 7) is 1.69. The van der Waals surface area contributed by atoms with E-state index in [9.17, 15) is 14.9 Å². The van der Waals surface area contributed by atoms with Gasteiger partial charge in [0.15, 0.2) is 0 Å². The first-order valence-electron chi connectivity index (χ1n) is 5.10. The molecule has 0 bridgehead atoms. The van der Waals surface area contributed by atoms with Crippen molar-refractivity contribution in [1.29, 1.82) is 0 Å². The molecule has 1 atom stereocenters. The highest BCUT2D eigenvalue weighted by Gasteiger charge is 2.17. The third kappa shape index (κ3) is 3.39. The Bertz CT molecular complexity index is 478. The summed E-state index contributed by atoms with van der Waals surface area (Å²) < 4.78 is 0.440. The van der Waals surface area contributed by atoms with Crippen LogP contribution >= 0.6 is 15.9 Å². The summed E-state index contributed by atoms with van der Waals surface area (Å²) in [6, 6.07) is 0.868. The van der Waals surface area contributed by atoms with Gasteiger partial charge in [-0.05, 0) is 22.9 Å². The molecule has 8 heteroatoms. The predicted octanol–water partition coefficient (Wildman–Crippen LogP) is 1.64. The normalized spacial score (nSPS) is 11.8. The Morgan fingerprint density at radius 2 is 2.22 bits per heavy atom. The molecule has 98 valence electrons. The summed E-state index contributed by atoms with van der Waals surface area (Å²) >= 11 is 3.18. The summed E-state index contributed by atoms with van der Waals surface area (Å²) in [7, 11) is 3.30. The fourth-order valence-electron chi connectivity index (χ4n) is 1.29. The van der Waals surface area contributed by atoms with E-state index in [2.05, 4.69) is 26.2 Å². The predicted molar refractivity (Wildman–Crippen MR) is 70.4 cm³/mol. The number of aromatic nitrogens is 1. The highest BCUT2D eigenvalue weighted by molar-refractivity contribution is 9.10. The molecule has 0 aliphatic carbocycles. The van der Waals surface area contributed by atoms with Crippen LogP contribution in [0.4, 0.5) is 11.5 Å². The molecule has 1 unspecified atom stereocenters. The highest BCUT2D eigenvalue weighted by atomic mass is 79.9. The molecule has 18 heavy (non-hydrogen) atoms. The molecule has 0 aromatic carbocycles. The van der Waals surface area contributed by atoms with Crippen LogP contribution in [0.25, 0.3) is 0 Å². The smallest absolute Gasteiger partial charge is 0.288 e. The van der Waals surface area contributed by atoms with Crippen molar-refractivity contribution in [2.75, 3.05) is 19.4 Å². The molecule has 7 nitrogen and oxygen atoms in total. The van der Waals surface area contributed by atoms with Gasteiger partial charge in [-0.2, -0.15) is 0 Å². The van der Waals surface area contributed by atoms with Crippen LogP contribution in [0.1, 0.15) is 6.92 Å². The van der Waals surface area contributed by atoms with E-state index in [1.807, 2.05) is 0 Å². The minimum absolute atomic E-state index is 0.109. The van der Waals surface area contributed by atoms with E-state index >= 15 is 0 Å². The van der Waals surface area contributed by atoms with Gasteiger partial charge in [-0.15, -0.1) is 0 Å². The topological polar surface area (TPSA) is 88.4 Å². The van der Waals surface area contributed by atoms with Gasteiger partial charge in [0.2, 0.25) is 5.91 Å². The second kappa shape index (κ2) is 5.76. The Morgan fingerprint density at radius 1 is 1.61 bits per heavy atom. The first-order valence-corrected chi connectivity index (χ1v) is 5.90. The van der Waals surface area contributed by atoms with Crippen LogP contribution in [0.3, 0.4) is 0 Å². The third-order valence-electron chi connectivity index (χ3n) is 2.20. The summed E-state index contributed by atoms with van der Waals surface area (Å²) in [5.41, 5.74) is -0.112. The van der Waals surface area contributed by atoms with Crippen LogP contribution in [-0.2, 0) is 4.79 Å². The largest absolute Gasteiger partial charge is 0.358 e. The van der Waals surface area contributed by atoms with Crippen molar-refractivity contribution < 1.29 is 9.72 Å². The number of anilines is 1. The van der Waals surface area contributed by atoms with Gasteiger partial charge in [0, 0.05) is 20.2 Å². The van der Waals surface area contributed by atoms with Gasteiger partial charge >= 0.3 is 0 Å². The van der Waals surface area contributed by atoms with E-state index in [1.165, 1.54) is 11.0 Å². The number of carbonyl (C=O) groups excluding carboxylic acids is 1. The molecule has 1 heterocycles. The van der Waals surface area contributed by atoms with Gasteiger partial charge in [-0.3, -0.25) is 14.9 Å². The van der Waals surface area contributed by atoms with Crippen molar-refractivity contribution in [3.8, 4) is 0 Å². The molecular weight excluding hydrogens is 304 g/mol. The molecule has 1 amide bonds. The van der Waals surface area contributed by atoms with Gasteiger partial charge in [-0.1, -0.05) is 0 Å². The van der Waals surface area contributed by atoms with Crippen molar-refractivity contribution in [3.63, 3.8) is 0 Å². The number of likely N-dealkylation sites (N-methyl/N-ethyl adjacent to an activating group) is 1. The minimum atomic E-state index is -0.532. The van der Waals surface area contributed by atoms with Crippen LogP contribution in [0.2, 0.25) is 0 Å². The van der Waals surface area contributed by atoms with E-state index < -0.39 is 11.0 Å². The molecule has 0 fully saturated rings. The number of hydrogen-bond donors (Lipinski definition) is 1. The van der Waals surface area contributed by atoms with Crippen molar-refractivity contribution in [3.05, 3.63) is 26.9 Å². The molecule has 0 aliphatic rings. The molecular formula is C10H13BrN4O3. The lowest BCUT2D eigenvalue weighted by atomic mass is 10.3. The number of nitrogens with zero attached hydrogens (tertiary/aromatic N) is 3. The first kappa shape index (κ1) is 14.4. The molecule has 1 aromatic heterocycles. The van der Waals surface area contributed by atoms with Crippen molar-refractivity contribution in [2.24, 2.45) is 0 Å². The Balaban J connectivity index is 2.86. The number of halogens is 1. The number of carbonyl (C=O) groups is 1. The average Bonchev–Trinajstić information content (AvgIpc) is 2.30. The average molecular weight is 317 g/mol. The van der Waals surface area contributed by atoms with Gasteiger partial charge in [0.05, 0.1) is 9.40 Å². The Morgan fingerprint density at radius 3 is 2.67 bits per heavy atom. The lowest BCUT2D eigenvalue weighted by Gasteiger charge is -2.18. The molecule has 0 saturated heterocycles. The zero-order valence-electron chi connectivity index (χ0n) is 10.2. The fourth-order valence-corrected chi connectivity index (χ4v) is 1.74. The van der Waals surface area contributed by atoms with E-state index in [1.54, 1.807) is 21.0 Å². The van der Waals surface area contributed by atoms with Crippen LogP contribution in [0, 0.1) is 10.1 Å². The molecule has 0 radical (unpaired) electrons. The summed E-state index contributed by atoms with van der Waals surface area (Å²) in [5, 5.41) is 13.4. The molecule has 0 aliphatic heterocycles. The van der Waals surface area contributed by atoms with Crippen molar-refractivity contribution in [1.82, 2.24) is 9.88 Å². The quantitative estimate of drug-likeness (QED) is 0.674. The number of nitrogens with one attached hydrogen (secondary N) is 1. The van der Waals surface area contributed by atoms with Crippen molar-refractivity contribution in [2.45, 2.75) is 13.0 Å². The fraction of sp³-hybridized carbons (Fsp3) is 0.400. The maximum atomic E-state index is 11.6. The standard InChI is InChI=1S/C10H13BrN4O3/c1-6(10(16)14(2)3)13-9-8(11)4-7(5-12-9)15(17)18/h4-6H,1-3H3,(H,12,13). The molecule has 1 N–H and O–H groups in total. The van der Waals surface area contributed by atoms with E-state index in [0.717, 1.165) is 6.20 Å². The lowest BCUT2D eigenvalue weighted by molar-refractivity contribution is -0.385. The van der Waals surface area contributed by atoms with Crippen LogP contribution in [0.5, 0.6) is 0 Å². The third-order valence-corrected chi connectivity index (χ3v) is 2.81. The molecule has 0 spiro atoms. The number of pyridine rings is 1. The van der Waals surface area contributed by atoms with Crippen molar-refractivity contribution >= 4 is 33.3 Å². The van der Waals surface area contributed by atoms with Gasteiger partial charge in [-0.25, -0.2) is 4.98 Å². The van der Waals surface area contributed by atoms with E-state index in [4.69, 9.17) is 0 Å². The summed E-state index contributed by atoms with van der Waals surface area (Å²) in [5.74, 6) is 0.283. The van der Waals surface area contributed by atoms with Crippen LogP contribution in [0.15, 0.2) is 16.7 Å². The monoisotopic (exact) mass is 316 g/mol. The number of hydrogen-bond acceptors (Lipinski definition) is 5. The maximum Gasteiger partial charge on any atom is 0.288 e. The molecule has 1 aromatic rings. The molecule has 1 rings (SSSR count). The van der Waals surface area contributed by atoms with E-state index in [0.29, 0.717) is 10.3 Å². The maximum absolute atomic E-state index is 11.6. The second-order valence-electron chi connectivity index (χ2n) is 3.88. The zero-order valence-corrected chi connectivity index (χ0v) is 11.8. The molecule has 0 saturated carbocycles. The number of rotatable bonds is 4. The lowest BCUT2D eigenvalue weighted by Crippen LogP contribution is -2.36. The van der Waals surface area contributed by atoms with Crippen LogP contribution in [-0.4, -0.2) is 40.9 Å². The van der Waals surface area contributed by atoms with Crippen LogP contribution < -0.4 is 5.32 Å². The highest BCUT2D eigenvalue weighted by Crippen LogP contribution is 2.24. The SMILES string of the molecule is CC(Nc1ncc([N+](=O)[O-])cc1Br)C(=O)N(C)C. The summed E-state index contributed by atoms with van der Waals surface area (Å²) in [6.07, 6.45) is 1.14. The van der Waals surface area contributed by atoms with Gasteiger partial charge < -0.3 is 10.2 Å².